The molecule has 1 aromatic rings. The number of likely N-dealkylation sites (tertiary alicyclic amines) is 1. The molecule has 12 heteroatoms. The molecule has 3 unspecified atom stereocenters. The third-order valence-corrected chi connectivity index (χ3v) is 7.99. The lowest BCUT2D eigenvalue weighted by molar-refractivity contribution is -0.143. The Morgan fingerprint density at radius 2 is 1.60 bits per heavy atom. The highest BCUT2D eigenvalue weighted by Crippen LogP contribution is 2.34. The molecule has 1 saturated carbocycles. The standard InChI is InChI=1S/C30H42ClN5O6/c1-16(2)22(23(37)18-10-12-19(31)13-11-18)34-29(42)35-25(30(3,4)5)28(41)36-14-6-7-21(36)27(40)33-20(15-17-8-9-17)24(38)26(32)39/h10-13,16-17,20-22,25H,6-9,14-15H2,1-5H3,(H2,32,39)(H,33,40)(H2,34,35,42)/t20?,21-,22?,25?/m0/s1. The molecular formula is C30H42ClN5O6. The molecule has 230 valence electrons. The number of hydrogen-bond donors (Lipinski definition) is 4. The Bertz CT molecular complexity index is 1210. The van der Waals surface area contributed by atoms with Crippen LogP contribution in [0.4, 0.5) is 4.79 Å². The average molecular weight is 604 g/mol. The highest BCUT2D eigenvalue weighted by atomic mass is 35.5. The first-order valence-electron chi connectivity index (χ1n) is 14.4. The van der Waals surface area contributed by atoms with Gasteiger partial charge in [0.2, 0.25) is 17.6 Å². The van der Waals surface area contributed by atoms with Gasteiger partial charge in [-0.3, -0.25) is 24.0 Å². The molecular weight excluding hydrogens is 562 g/mol. The first kappa shape index (κ1) is 33.0. The molecule has 11 nitrogen and oxygen atoms in total. The van der Waals surface area contributed by atoms with Gasteiger partial charge in [0.15, 0.2) is 5.78 Å². The van der Waals surface area contributed by atoms with E-state index in [1.807, 2.05) is 0 Å². The van der Waals surface area contributed by atoms with Crippen molar-refractivity contribution in [2.24, 2.45) is 23.0 Å². The SMILES string of the molecule is CC(C)C(NC(=O)NC(C(=O)N1CCC[C@H]1C(=O)NC(CC1CC1)C(=O)C(N)=O)C(C)(C)C)C(=O)c1ccc(Cl)cc1. The minimum atomic E-state index is -1.11. The number of nitrogens with one attached hydrogen (secondary N) is 3. The topological polar surface area (TPSA) is 168 Å². The second-order valence-electron chi connectivity index (χ2n) is 12.7. The molecule has 1 saturated heterocycles. The lowest BCUT2D eigenvalue weighted by Crippen LogP contribution is -2.61. The van der Waals surface area contributed by atoms with Crippen LogP contribution in [-0.4, -0.2) is 70.9 Å². The quantitative estimate of drug-likeness (QED) is 0.211. The van der Waals surface area contributed by atoms with Crippen molar-refractivity contribution in [3.63, 3.8) is 0 Å². The van der Waals surface area contributed by atoms with Crippen molar-refractivity contribution in [3.8, 4) is 0 Å². The van der Waals surface area contributed by atoms with E-state index in [9.17, 15) is 28.8 Å². The number of ketones is 2. The number of urea groups is 1. The molecule has 42 heavy (non-hydrogen) atoms. The monoisotopic (exact) mass is 603 g/mol. The van der Waals surface area contributed by atoms with E-state index in [1.54, 1.807) is 58.9 Å². The van der Waals surface area contributed by atoms with Gasteiger partial charge in [-0.1, -0.05) is 59.1 Å². The molecule has 0 aromatic heterocycles. The van der Waals surface area contributed by atoms with Crippen LogP contribution in [0.15, 0.2) is 24.3 Å². The highest BCUT2D eigenvalue weighted by Gasteiger charge is 2.43. The number of carbonyl (C=O) groups is 6. The fourth-order valence-corrected chi connectivity index (χ4v) is 5.24. The first-order valence-corrected chi connectivity index (χ1v) is 14.8. The molecule has 0 radical (unpaired) electrons. The molecule has 1 aliphatic heterocycles. The second kappa shape index (κ2) is 13.7. The number of amides is 5. The molecule has 1 aliphatic carbocycles. The van der Waals surface area contributed by atoms with Crippen LogP contribution >= 0.6 is 11.6 Å². The lowest BCUT2D eigenvalue weighted by atomic mass is 9.85. The van der Waals surface area contributed by atoms with Gasteiger partial charge < -0.3 is 26.6 Å². The minimum Gasteiger partial charge on any atom is -0.363 e. The summed E-state index contributed by atoms with van der Waals surface area (Å²) < 4.78 is 0. The molecule has 5 N–H and O–H groups in total. The second-order valence-corrected chi connectivity index (χ2v) is 13.1. The number of primary amides is 1. The van der Waals surface area contributed by atoms with Crippen molar-refractivity contribution in [2.45, 2.75) is 90.9 Å². The van der Waals surface area contributed by atoms with E-state index in [-0.39, 0.29) is 24.2 Å². The third kappa shape index (κ3) is 8.53. The average Bonchev–Trinajstić information content (AvgIpc) is 3.59. The Balaban J connectivity index is 1.73. The van der Waals surface area contributed by atoms with E-state index < -0.39 is 59.1 Å². The van der Waals surface area contributed by atoms with Crippen LogP contribution < -0.4 is 21.7 Å². The summed E-state index contributed by atoms with van der Waals surface area (Å²) in [5.41, 5.74) is 4.85. The van der Waals surface area contributed by atoms with Gasteiger partial charge in [0.05, 0.1) is 12.1 Å². The number of rotatable bonds is 12. The summed E-state index contributed by atoms with van der Waals surface area (Å²) in [4.78, 5) is 78.8. The van der Waals surface area contributed by atoms with Crippen LogP contribution in [0.25, 0.3) is 0 Å². The Hall–Kier alpha value is -3.47. The smallest absolute Gasteiger partial charge is 0.316 e. The summed E-state index contributed by atoms with van der Waals surface area (Å²) in [7, 11) is 0. The van der Waals surface area contributed by atoms with Gasteiger partial charge in [0.1, 0.15) is 12.1 Å². The maximum absolute atomic E-state index is 13.8. The summed E-state index contributed by atoms with van der Waals surface area (Å²) in [6.45, 7) is 9.26. The van der Waals surface area contributed by atoms with E-state index in [2.05, 4.69) is 16.0 Å². The zero-order chi connectivity index (χ0) is 31.4. The Labute approximate surface area is 251 Å². The van der Waals surface area contributed by atoms with Gasteiger partial charge in [0.25, 0.3) is 5.91 Å². The fourth-order valence-electron chi connectivity index (χ4n) is 5.12. The van der Waals surface area contributed by atoms with Gasteiger partial charge in [-0.25, -0.2) is 4.79 Å². The molecule has 3 rings (SSSR count). The van der Waals surface area contributed by atoms with E-state index in [4.69, 9.17) is 17.3 Å². The Kier molecular flexibility index (Phi) is 10.8. The Morgan fingerprint density at radius 3 is 2.12 bits per heavy atom. The van der Waals surface area contributed by atoms with Gasteiger partial charge in [0, 0.05) is 17.1 Å². The minimum absolute atomic E-state index is 0.245. The van der Waals surface area contributed by atoms with E-state index in [0.717, 1.165) is 12.8 Å². The predicted octanol–water partition coefficient (Wildman–Crippen LogP) is 2.59. The molecule has 0 spiro atoms. The van der Waals surface area contributed by atoms with E-state index in [1.165, 1.54) is 4.90 Å². The van der Waals surface area contributed by atoms with Crippen molar-refractivity contribution < 1.29 is 28.8 Å². The summed E-state index contributed by atoms with van der Waals surface area (Å²) in [6.07, 6.45) is 3.07. The number of carbonyl (C=O) groups excluding carboxylic acids is 6. The number of benzene rings is 1. The molecule has 2 fully saturated rings. The summed E-state index contributed by atoms with van der Waals surface area (Å²) in [6, 6.07) is 1.89. The predicted molar refractivity (Wildman–Crippen MR) is 158 cm³/mol. The maximum Gasteiger partial charge on any atom is 0.316 e. The highest BCUT2D eigenvalue weighted by molar-refractivity contribution is 6.37. The third-order valence-electron chi connectivity index (χ3n) is 7.73. The number of nitrogens with two attached hydrogens (primary N) is 1. The van der Waals surface area contributed by atoms with E-state index in [0.29, 0.717) is 29.8 Å². The summed E-state index contributed by atoms with van der Waals surface area (Å²) in [5, 5.41) is 8.60. The molecule has 2 aliphatic rings. The molecule has 4 atom stereocenters. The number of Topliss-reactive ketones (excluding diaryl/α,β-unsaturated/α-hetero) is 2. The van der Waals surface area contributed by atoms with Crippen LogP contribution in [0, 0.1) is 17.3 Å². The molecule has 1 heterocycles. The molecule has 0 bridgehead atoms. The molecule has 5 amide bonds. The zero-order valence-corrected chi connectivity index (χ0v) is 25.6. The first-order chi connectivity index (χ1) is 19.6. The summed E-state index contributed by atoms with van der Waals surface area (Å²) in [5.74, 6) is -3.26. The summed E-state index contributed by atoms with van der Waals surface area (Å²) >= 11 is 5.94. The number of halogens is 1. The largest absolute Gasteiger partial charge is 0.363 e. The van der Waals surface area contributed by atoms with Crippen molar-refractivity contribution in [2.75, 3.05) is 6.54 Å². The fraction of sp³-hybridized carbons (Fsp3) is 0.600. The maximum atomic E-state index is 13.8. The Morgan fingerprint density at radius 1 is 0.976 bits per heavy atom. The van der Waals surface area contributed by atoms with Gasteiger partial charge in [-0.15, -0.1) is 0 Å². The van der Waals surface area contributed by atoms with Crippen LogP contribution in [0.1, 0.15) is 77.1 Å². The van der Waals surface area contributed by atoms with Crippen LogP contribution in [0.3, 0.4) is 0 Å². The normalized spacial score (nSPS) is 19.0. The van der Waals surface area contributed by atoms with Crippen LogP contribution in [0.5, 0.6) is 0 Å². The zero-order valence-electron chi connectivity index (χ0n) is 24.9. The van der Waals surface area contributed by atoms with Crippen molar-refractivity contribution >= 4 is 46.9 Å². The van der Waals surface area contributed by atoms with Crippen molar-refractivity contribution in [3.05, 3.63) is 34.9 Å². The lowest BCUT2D eigenvalue weighted by Gasteiger charge is -2.36. The number of nitrogens with zero attached hydrogens (tertiary/aromatic N) is 1. The van der Waals surface area contributed by atoms with Gasteiger partial charge in [-0.05, 0) is 60.8 Å². The van der Waals surface area contributed by atoms with Crippen LogP contribution in [0.2, 0.25) is 5.02 Å². The number of hydrogen-bond acceptors (Lipinski definition) is 6. The van der Waals surface area contributed by atoms with E-state index >= 15 is 0 Å². The van der Waals surface area contributed by atoms with Crippen molar-refractivity contribution in [1.82, 2.24) is 20.9 Å². The molecule has 1 aromatic carbocycles. The van der Waals surface area contributed by atoms with Crippen LogP contribution in [-0.2, 0) is 19.2 Å². The van der Waals surface area contributed by atoms with Gasteiger partial charge >= 0.3 is 6.03 Å². The van der Waals surface area contributed by atoms with Gasteiger partial charge in [-0.2, -0.15) is 0 Å². The van der Waals surface area contributed by atoms with Crippen molar-refractivity contribution in [1.29, 1.82) is 0 Å².